The SMILES string of the molecule is CN(CC(=O)N1CCCC(n2cncn2)C1)c1ccc(C#N)cn1. The number of pyridine rings is 1. The van der Waals surface area contributed by atoms with Gasteiger partial charge in [0.15, 0.2) is 0 Å². The van der Waals surface area contributed by atoms with Crippen molar-refractivity contribution < 1.29 is 4.79 Å². The Kier molecular flexibility index (Phi) is 4.70. The summed E-state index contributed by atoms with van der Waals surface area (Å²) in [7, 11) is 1.82. The average Bonchev–Trinajstić information content (AvgIpc) is 3.16. The van der Waals surface area contributed by atoms with E-state index in [4.69, 9.17) is 5.26 Å². The van der Waals surface area contributed by atoms with E-state index in [9.17, 15) is 4.79 Å². The van der Waals surface area contributed by atoms with Gasteiger partial charge in [0.25, 0.3) is 0 Å². The molecule has 8 nitrogen and oxygen atoms in total. The van der Waals surface area contributed by atoms with Crippen LogP contribution in [-0.4, -0.2) is 57.2 Å². The van der Waals surface area contributed by atoms with Crippen LogP contribution < -0.4 is 4.90 Å². The van der Waals surface area contributed by atoms with Crippen molar-refractivity contribution >= 4 is 11.7 Å². The van der Waals surface area contributed by atoms with Crippen molar-refractivity contribution in [2.45, 2.75) is 18.9 Å². The summed E-state index contributed by atoms with van der Waals surface area (Å²) >= 11 is 0. The Morgan fingerprint density at radius 2 is 2.38 bits per heavy atom. The molecule has 1 unspecified atom stereocenters. The minimum absolute atomic E-state index is 0.0634. The lowest BCUT2D eigenvalue weighted by molar-refractivity contribution is -0.131. The number of carbonyl (C=O) groups excluding carboxylic acids is 1. The molecule has 3 rings (SSSR count). The standard InChI is InChI=1S/C16H19N7O/c1-21(15-5-4-13(7-17)8-19-15)10-16(24)22-6-2-3-14(9-22)23-12-18-11-20-23/h4-5,8,11-12,14H,2-3,6,9-10H2,1H3. The molecule has 0 aliphatic carbocycles. The highest BCUT2D eigenvalue weighted by molar-refractivity contribution is 5.81. The zero-order valence-corrected chi connectivity index (χ0v) is 13.5. The summed E-state index contributed by atoms with van der Waals surface area (Å²) in [6.45, 7) is 1.67. The number of nitrogens with zero attached hydrogens (tertiary/aromatic N) is 7. The first-order valence-corrected chi connectivity index (χ1v) is 7.86. The number of carbonyl (C=O) groups is 1. The smallest absolute Gasteiger partial charge is 0.242 e. The highest BCUT2D eigenvalue weighted by atomic mass is 16.2. The first kappa shape index (κ1) is 15.9. The molecule has 1 saturated heterocycles. The third-order valence-corrected chi connectivity index (χ3v) is 4.20. The lowest BCUT2D eigenvalue weighted by atomic mass is 10.1. The lowest BCUT2D eigenvalue weighted by Crippen LogP contribution is -2.45. The van der Waals surface area contributed by atoms with Gasteiger partial charge in [0.05, 0.1) is 18.2 Å². The van der Waals surface area contributed by atoms with Crippen molar-refractivity contribution in [2.24, 2.45) is 0 Å². The Bertz CT molecular complexity index is 720. The Morgan fingerprint density at radius 1 is 1.50 bits per heavy atom. The molecule has 1 amide bonds. The molecule has 24 heavy (non-hydrogen) atoms. The van der Waals surface area contributed by atoms with Gasteiger partial charge in [-0.25, -0.2) is 14.6 Å². The van der Waals surface area contributed by atoms with Gasteiger partial charge in [0.2, 0.25) is 5.91 Å². The number of piperidine rings is 1. The lowest BCUT2D eigenvalue weighted by Gasteiger charge is -2.33. The molecule has 2 aromatic rings. The number of rotatable bonds is 4. The van der Waals surface area contributed by atoms with Gasteiger partial charge in [0, 0.05) is 26.3 Å². The van der Waals surface area contributed by atoms with Gasteiger partial charge in [0.1, 0.15) is 24.5 Å². The Hall–Kier alpha value is -2.95. The monoisotopic (exact) mass is 325 g/mol. The second-order valence-corrected chi connectivity index (χ2v) is 5.88. The molecular weight excluding hydrogens is 306 g/mol. The molecule has 1 atom stereocenters. The molecular formula is C16H19N7O. The topological polar surface area (TPSA) is 90.9 Å². The summed E-state index contributed by atoms with van der Waals surface area (Å²) in [6.07, 6.45) is 6.68. The molecule has 3 heterocycles. The Balaban J connectivity index is 1.60. The van der Waals surface area contributed by atoms with Gasteiger partial charge in [-0.3, -0.25) is 4.79 Å². The van der Waals surface area contributed by atoms with E-state index in [1.807, 2.05) is 22.7 Å². The molecule has 0 saturated carbocycles. The van der Waals surface area contributed by atoms with Crippen molar-refractivity contribution in [2.75, 3.05) is 31.6 Å². The number of hydrogen-bond acceptors (Lipinski definition) is 6. The van der Waals surface area contributed by atoms with Gasteiger partial charge in [-0.1, -0.05) is 0 Å². The first-order valence-electron chi connectivity index (χ1n) is 7.86. The Labute approximate surface area is 140 Å². The zero-order valence-electron chi connectivity index (χ0n) is 13.5. The molecule has 124 valence electrons. The number of hydrogen-bond donors (Lipinski definition) is 0. The van der Waals surface area contributed by atoms with Crippen molar-refractivity contribution in [1.29, 1.82) is 5.26 Å². The third-order valence-electron chi connectivity index (χ3n) is 4.20. The largest absolute Gasteiger partial charge is 0.350 e. The van der Waals surface area contributed by atoms with E-state index in [2.05, 4.69) is 15.1 Å². The minimum Gasteiger partial charge on any atom is -0.350 e. The van der Waals surface area contributed by atoms with Gasteiger partial charge < -0.3 is 9.80 Å². The van der Waals surface area contributed by atoms with Gasteiger partial charge in [-0.15, -0.1) is 0 Å². The highest BCUT2D eigenvalue weighted by Gasteiger charge is 2.25. The molecule has 1 aliphatic heterocycles. The van der Waals surface area contributed by atoms with E-state index in [0.717, 1.165) is 19.4 Å². The number of aromatic nitrogens is 4. The zero-order chi connectivity index (χ0) is 16.9. The van der Waals surface area contributed by atoms with Crippen molar-refractivity contribution in [3.8, 4) is 6.07 Å². The normalized spacial score (nSPS) is 17.3. The summed E-state index contributed by atoms with van der Waals surface area (Å²) < 4.78 is 1.82. The number of anilines is 1. The van der Waals surface area contributed by atoms with E-state index in [0.29, 0.717) is 17.9 Å². The van der Waals surface area contributed by atoms with Crippen LogP contribution in [0, 0.1) is 11.3 Å². The molecule has 1 fully saturated rings. The van der Waals surface area contributed by atoms with Crippen LogP contribution in [0.5, 0.6) is 0 Å². The quantitative estimate of drug-likeness (QED) is 0.827. The highest BCUT2D eigenvalue weighted by Crippen LogP contribution is 2.20. The number of likely N-dealkylation sites (tertiary alicyclic amines) is 1. The van der Waals surface area contributed by atoms with Crippen molar-refractivity contribution in [3.05, 3.63) is 36.5 Å². The molecule has 0 radical (unpaired) electrons. The van der Waals surface area contributed by atoms with Gasteiger partial charge in [-0.2, -0.15) is 10.4 Å². The summed E-state index contributed by atoms with van der Waals surface area (Å²) in [4.78, 5) is 24.4. The van der Waals surface area contributed by atoms with Crippen LogP contribution in [0.4, 0.5) is 5.82 Å². The van der Waals surface area contributed by atoms with Crippen LogP contribution in [0.15, 0.2) is 31.0 Å². The summed E-state index contributed by atoms with van der Waals surface area (Å²) in [5.41, 5.74) is 0.505. The molecule has 1 aliphatic rings. The predicted octanol–water partition coefficient (Wildman–Crippen LogP) is 0.845. The van der Waals surface area contributed by atoms with Crippen molar-refractivity contribution in [3.63, 3.8) is 0 Å². The fourth-order valence-electron chi connectivity index (χ4n) is 2.87. The van der Waals surface area contributed by atoms with Crippen LogP contribution in [0.1, 0.15) is 24.4 Å². The summed E-state index contributed by atoms with van der Waals surface area (Å²) in [5, 5.41) is 13.0. The Morgan fingerprint density at radius 3 is 3.04 bits per heavy atom. The van der Waals surface area contributed by atoms with E-state index in [-0.39, 0.29) is 18.5 Å². The van der Waals surface area contributed by atoms with Crippen LogP contribution >= 0.6 is 0 Å². The molecule has 8 heteroatoms. The summed E-state index contributed by atoms with van der Waals surface area (Å²) in [6, 6.07) is 5.67. The van der Waals surface area contributed by atoms with Crippen LogP contribution in [0.2, 0.25) is 0 Å². The van der Waals surface area contributed by atoms with Crippen LogP contribution in [0.25, 0.3) is 0 Å². The van der Waals surface area contributed by atoms with E-state index < -0.39 is 0 Å². The minimum atomic E-state index is 0.0634. The van der Waals surface area contributed by atoms with Gasteiger partial charge >= 0.3 is 0 Å². The van der Waals surface area contributed by atoms with Crippen LogP contribution in [0.3, 0.4) is 0 Å². The molecule has 2 aromatic heterocycles. The number of nitriles is 1. The second kappa shape index (κ2) is 7.08. The summed E-state index contributed by atoms with van der Waals surface area (Å²) in [5.74, 6) is 0.737. The molecule has 0 bridgehead atoms. The van der Waals surface area contributed by atoms with Crippen molar-refractivity contribution in [1.82, 2.24) is 24.6 Å². The average molecular weight is 325 g/mol. The van der Waals surface area contributed by atoms with Crippen LogP contribution in [-0.2, 0) is 4.79 Å². The maximum Gasteiger partial charge on any atom is 0.242 e. The number of likely N-dealkylation sites (N-methyl/N-ethyl adjacent to an activating group) is 1. The number of amides is 1. The maximum absolute atomic E-state index is 12.6. The third kappa shape index (κ3) is 3.51. The molecule has 0 spiro atoms. The maximum atomic E-state index is 12.6. The molecule has 0 N–H and O–H groups in total. The predicted molar refractivity (Wildman–Crippen MR) is 87.1 cm³/mol. The van der Waals surface area contributed by atoms with E-state index in [1.54, 1.807) is 23.4 Å². The first-order chi connectivity index (χ1) is 11.7. The van der Waals surface area contributed by atoms with Gasteiger partial charge in [-0.05, 0) is 25.0 Å². The molecule has 0 aromatic carbocycles. The fourth-order valence-corrected chi connectivity index (χ4v) is 2.87. The second-order valence-electron chi connectivity index (χ2n) is 5.88. The van der Waals surface area contributed by atoms with E-state index >= 15 is 0 Å². The fraction of sp³-hybridized carbons (Fsp3) is 0.438. The van der Waals surface area contributed by atoms with E-state index in [1.165, 1.54) is 12.5 Å².